The van der Waals surface area contributed by atoms with Crippen molar-refractivity contribution in [1.29, 1.82) is 0 Å². The number of nitrogens with two attached hydrogens (primary N) is 2. The Labute approximate surface area is 157 Å². The monoisotopic (exact) mass is 357 g/mol. The summed E-state index contributed by atoms with van der Waals surface area (Å²) in [6.07, 6.45) is 1.52. The Kier molecular flexibility index (Phi) is 5.04. The fraction of sp³-hybridized carbons (Fsp3) is 0. The van der Waals surface area contributed by atoms with Crippen LogP contribution in [0.5, 0.6) is 5.75 Å². The highest BCUT2D eigenvalue weighted by Crippen LogP contribution is 2.28. The number of aromatic nitrogens is 1. The van der Waals surface area contributed by atoms with Gasteiger partial charge in [0.1, 0.15) is 11.5 Å². The van der Waals surface area contributed by atoms with Crippen LogP contribution in [0.15, 0.2) is 85.7 Å². The van der Waals surface area contributed by atoms with Gasteiger partial charge in [-0.3, -0.25) is 4.79 Å². The molecule has 1 amide bonds. The standard InChI is InChI=1S/C22H19N3O2/c1-3-14(2)27-18-9-7-15(8-10-18)21-19(22(24)26)11-12-20(25-21)16-5-4-6-17(23)13-16/h3-13H,1-2,23H2,(H2,24,26). The number of pyridine rings is 1. The second-order valence-corrected chi connectivity index (χ2v) is 5.88. The van der Waals surface area contributed by atoms with Crippen molar-refractivity contribution in [1.82, 2.24) is 4.98 Å². The summed E-state index contributed by atoms with van der Waals surface area (Å²) >= 11 is 0. The van der Waals surface area contributed by atoms with E-state index in [1.54, 1.807) is 30.3 Å². The molecule has 3 aromatic rings. The fourth-order valence-electron chi connectivity index (χ4n) is 2.61. The van der Waals surface area contributed by atoms with E-state index >= 15 is 0 Å². The van der Waals surface area contributed by atoms with Crippen molar-refractivity contribution in [2.45, 2.75) is 0 Å². The van der Waals surface area contributed by atoms with Crippen LogP contribution in [-0.2, 0) is 0 Å². The quantitative estimate of drug-likeness (QED) is 0.393. The average molecular weight is 357 g/mol. The van der Waals surface area contributed by atoms with E-state index in [9.17, 15) is 4.79 Å². The van der Waals surface area contributed by atoms with Crippen LogP contribution in [0.25, 0.3) is 22.5 Å². The summed E-state index contributed by atoms with van der Waals surface area (Å²) in [4.78, 5) is 16.5. The molecule has 1 heterocycles. The molecule has 5 nitrogen and oxygen atoms in total. The smallest absolute Gasteiger partial charge is 0.250 e. The van der Waals surface area contributed by atoms with Crippen LogP contribution in [-0.4, -0.2) is 10.9 Å². The molecule has 134 valence electrons. The number of primary amides is 1. The molecule has 27 heavy (non-hydrogen) atoms. The second-order valence-electron chi connectivity index (χ2n) is 5.88. The van der Waals surface area contributed by atoms with Gasteiger partial charge in [0.2, 0.25) is 0 Å². The van der Waals surface area contributed by atoms with Crippen LogP contribution in [0.4, 0.5) is 5.69 Å². The minimum Gasteiger partial charge on any atom is -0.458 e. The van der Waals surface area contributed by atoms with Crippen molar-refractivity contribution < 1.29 is 9.53 Å². The van der Waals surface area contributed by atoms with E-state index in [0.29, 0.717) is 34.1 Å². The van der Waals surface area contributed by atoms with E-state index in [1.807, 2.05) is 30.3 Å². The van der Waals surface area contributed by atoms with Gasteiger partial charge < -0.3 is 16.2 Å². The zero-order valence-corrected chi connectivity index (χ0v) is 14.7. The zero-order valence-electron chi connectivity index (χ0n) is 14.7. The van der Waals surface area contributed by atoms with Gasteiger partial charge in [-0.25, -0.2) is 4.98 Å². The van der Waals surface area contributed by atoms with Crippen LogP contribution in [0.3, 0.4) is 0 Å². The van der Waals surface area contributed by atoms with E-state index in [2.05, 4.69) is 18.1 Å². The Morgan fingerprint density at radius 3 is 2.41 bits per heavy atom. The summed E-state index contributed by atoms with van der Waals surface area (Å²) in [5.74, 6) is 0.510. The van der Waals surface area contributed by atoms with Crippen LogP contribution in [0.1, 0.15) is 10.4 Å². The number of benzene rings is 2. The van der Waals surface area contributed by atoms with E-state index < -0.39 is 5.91 Å². The first-order valence-corrected chi connectivity index (χ1v) is 8.24. The molecular formula is C22H19N3O2. The normalized spacial score (nSPS) is 10.2. The number of nitrogen functional groups attached to an aromatic ring is 1. The van der Waals surface area contributed by atoms with E-state index in [-0.39, 0.29) is 0 Å². The third-order valence-corrected chi connectivity index (χ3v) is 3.95. The summed E-state index contributed by atoms with van der Waals surface area (Å²) < 4.78 is 5.50. The molecule has 2 aromatic carbocycles. The Morgan fingerprint density at radius 1 is 1.04 bits per heavy atom. The molecule has 0 spiro atoms. The van der Waals surface area contributed by atoms with Crippen LogP contribution < -0.4 is 16.2 Å². The lowest BCUT2D eigenvalue weighted by Crippen LogP contribution is -2.13. The summed E-state index contributed by atoms with van der Waals surface area (Å²) in [7, 11) is 0. The molecule has 5 heteroatoms. The van der Waals surface area contributed by atoms with E-state index in [0.717, 1.165) is 11.1 Å². The number of carbonyl (C=O) groups is 1. The topological polar surface area (TPSA) is 91.2 Å². The zero-order chi connectivity index (χ0) is 19.4. The largest absolute Gasteiger partial charge is 0.458 e. The third kappa shape index (κ3) is 4.04. The summed E-state index contributed by atoms with van der Waals surface area (Å²) in [5.41, 5.74) is 15.2. The van der Waals surface area contributed by atoms with Gasteiger partial charge in [-0.2, -0.15) is 0 Å². The SMILES string of the molecule is C=CC(=C)Oc1ccc(-c2nc(-c3cccc(N)c3)ccc2C(N)=O)cc1. The van der Waals surface area contributed by atoms with Crippen LogP contribution in [0, 0.1) is 0 Å². The maximum absolute atomic E-state index is 11.9. The molecular weight excluding hydrogens is 338 g/mol. The molecule has 0 aliphatic rings. The first-order chi connectivity index (χ1) is 13.0. The molecule has 0 bridgehead atoms. The van der Waals surface area contributed by atoms with Crippen molar-refractivity contribution >= 4 is 11.6 Å². The van der Waals surface area contributed by atoms with Gasteiger partial charge in [0.15, 0.2) is 0 Å². The van der Waals surface area contributed by atoms with E-state index in [4.69, 9.17) is 16.2 Å². The first kappa shape index (κ1) is 17.9. The molecule has 0 aliphatic heterocycles. The highest BCUT2D eigenvalue weighted by molar-refractivity contribution is 5.99. The summed E-state index contributed by atoms with van der Waals surface area (Å²) in [6.45, 7) is 7.32. The number of hydrogen-bond acceptors (Lipinski definition) is 4. The Balaban J connectivity index is 2.04. The Bertz CT molecular complexity index is 1020. The highest BCUT2D eigenvalue weighted by Gasteiger charge is 2.14. The first-order valence-electron chi connectivity index (χ1n) is 8.24. The fourth-order valence-corrected chi connectivity index (χ4v) is 2.61. The lowest BCUT2D eigenvalue weighted by molar-refractivity contribution is 0.100. The molecule has 0 saturated heterocycles. The molecule has 0 fully saturated rings. The van der Waals surface area contributed by atoms with Crippen molar-refractivity contribution in [3.05, 3.63) is 91.2 Å². The molecule has 0 saturated carbocycles. The third-order valence-electron chi connectivity index (χ3n) is 3.95. The van der Waals surface area contributed by atoms with Crippen LogP contribution in [0.2, 0.25) is 0 Å². The number of nitrogens with zero attached hydrogens (tertiary/aromatic N) is 1. The summed E-state index contributed by atoms with van der Waals surface area (Å²) in [5, 5.41) is 0. The van der Waals surface area contributed by atoms with Gasteiger partial charge in [-0.15, -0.1) is 0 Å². The molecule has 0 radical (unpaired) electrons. The van der Waals surface area contributed by atoms with Crippen molar-refractivity contribution in [2.75, 3.05) is 5.73 Å². The van der Waals surface area contributed by atoms with E-state index in [1.165, 1.54) is 6.08 Å². The number of allylic oxidation sites excluding steroid dienone is 1. The molecule has 4 N–H and O–H groups in total. The van der Waals surface area contributed by atoms with Crippen molar-refractivity contribution in [3.63, 3.8) is 0 Å². The minimum atomic E-state index is -0.544. The number of ether oxygens (including phenoxy) is 1. The number of carbonyl (C=O) groups excluding carboxylic acids is 1. The maximum Gasteiger partial charge on any atom is 0.250 e. The van der Waals surface area contributed by atoms with Crippen LogP contribution >= 0.6 is 0 Å². The number of amides is 1. The Morgan fingerprint density at radius 2 is 1.78 bits per heavy atom. The van der Waals surface area contributed by atoms with Gasteiger partial charge in [0.25, 0.3) is 5.91 Å². The highest BCUT2D eigenvalue weighted by atomic mass is 16.5. The number of rotatable bonds is 6. The predicted molar refractivity (Wildman–Crippen MR) is 108 cm³/mol. The van der Waals surface area contributed by atoms with Gasteiger partial charge in [0.05, 0.1) is 17.0 Å². The van der Waals surface area contributed by atoms with Crippen molar-refractivity contribution in [2.24, 2.45) is 5.73 Å². The van der Waals surface area contributed by atoms with Gasteiger partial charge in [-0.1, -0.05) is 25.3 Å². The maximum atomic E-state index is 11.9. The number of anilines is 1. The molecule has 1 aromatic heterocycles. The molecule has 0 aliphatic carbocycles. The average Bonchev–Trinajstić information content (AvgIpc) is 2.68. The second kappa shape index (κ2) is 7.58. The Hall–Kier alpha value is -3.86. The lowest BCUT2D eigenvalue weighted by Gasteiger charge is -2.11. The molecule has 0 unspecified atom stereocenters. The van der Waals surface area contributed by atoms with Crippen molar-refractivity contribution in [3.8, 4) is 28.3 Å². The molecule has 0 atom stereocenters. The predicted octanol–water partition coefficient (Wildman–Crippen LogP) is 4.18. The summed E-state index contributed by atoms with van der Waals surface area (Å²) in [6, 6.07) is 18.0. The van der Waals surface area contributed by atoms with Gasteiger partial charge in [-0.05, 0) is 54.6 Å². The lowest BCUT2D eigenvalue weighted by atomic mass is 10.0. The number of hydrogen-bond donors (Lipinski definition) is 2. The van der Waals surface area contributed by atoms with Gasteiger partial charge in [0, 0.05) is 16.8 Å². The van der Waals surface area contributed by atoms with Gasteiger partial charge >= 0.3 is 0 Å². The molecule has 3 rings (SSSR count). The minimum absolute atomic E-state index is 0.340.